The minimum absolute atomic E-state index is 0.0353. The molecular weight excluding hydrogens is 312 g/mol. The molecule has 0 spiro atoms. The van der Waals surface area contributed by atoms with Crippen molar-refractivity contribution in [1.82, 2.24) is 14.7 Å². The number of carbonyl (C=O) groups is 1. The van der Waals surface area contributed by atoms with E-state index in [1.54, 1.807) is 13.2 Å². The van der Waals surface area contributed by atoms with Crippen LogP contribution in [0.4, 0.5) is 5.82 Å². The normalized spacial score (nSPS) is 18.2. The topological polar surface area (TPSA) is 64.2 Å². The molecule has 5 nitrogen and oxygen atoms in total. The second-order valence-corrected chi connectivity index (χ2v) is 6.59. The number of likely N-dealkylation sites (tertiary alicyclic amines) is 1. The van der Waals surface area contributed by atoms with Gasteiger partial charge in [-0.15, -0.1) is 0 Å². The first-order valence-corrected chi connectivity index (χ1v) is 8.18. The van der Waals surface area contributed by atoms with E-state index in [-0.39, 0.29) is 5.91 Å². The highest BCUT2D eigenvalue weighted by atomic mass is 35.5. The molecule has 1 amide bonds. The molecule has 1 aromatic heterocycles. The van der Waals surface area contributed by atoms with Gasteiger partial charge in [0.2, 0.25) is 0 Å². The van der Waals surface area contributed by atoms with Gasteiger partial charge in [-0.25, -0.2) is 0 Å². The zero-order valence-electron chi connectivity index (χ0n) is 13.4. The maximum absolute atomic E-state index is 12.7. The molecule has 23 heavy (non-hydrogen) atoms. The minimum atomic E-state index is -0.0353. The van der Waals surface area contributed by atoms with Crippen molar-refractivity contribution in [3.8, 4) is 0 Å². The first-order valence-electron chi connectivity index (χ1n) is 7.80. The van der Waals surface area contributed by atoms with Crippen LogP contribution in [-0.2, 0) is 7.05 Å². The fourth-order valence-electron chi connectivity index (χ4n) is 3.29. The Kier molecular flexibility index (Phi) is 4.31. The molecular formula is C17H21ClN4O. The first-order chi connectivity index (χ1) is 11.0. The lowest BCUT2D eigenvalue weighted by molar-refractivity contribution is 0.0708. The number of carbonyl (C=O) groups excluding carboxylic acids is 1. The number of nitrogen functional groups attached to an aromatic ring is 1. The number of nitrogens with zero attached hydrogens (tertiary/aromatic N) is 3. The van der Waals surface area contributed by atoms with E-state index in [2.05, 4.69) is 18.1 Å². The number of nitrogens with two attached hydrogens (primary N) is 1. The smallest absolute Gasteiger partial charge is 0.259 e. The number of rotatable bonds is 2. The SMILES string of the molecule is Cc1cc(Cl)ccc1C1CCCN(C(=O)c2cnn(C)c2N)C1. The Balaban J connectivity index is 1.80. The van der Waals surface area contributed by atoms with Gasteiger partial charge in [-0.1, -0.05) is 17.7 Å². The summed E-state index contributed by atoms with van der Waals surface area (Å²) in [6, 6.07) is 5.98. The Bertz CT molecular complexity index is 740. The number of aryl methyl sites for hydroxylation is 2. The minimum Gasteiger partial charge on any atom is -0.383 e. The molecule has 1 aromatic carbocycles. The van der Waals surface area contributed by atoms with Crippen LogP contribution in [0.5, 0.6) is 0 Å². The number of halogens is 1. The Hall–Kier alpha value is -2.01. The van der Waals surface area contributed by atoms with E-state index < -0.39 is 0 Å². The lowest BCUT2D eigenvalue weighted by atomic mass is 9.88. The molecule has 122 valence electrons. The van der Waals surface area contributed by atoms with E-state index in [1.165, 1.54) is 15.8 Å². The third-order valence-electron chi connectivity index (χ3n) is 4.60. The lowest BCUT2D eigenvalue weighted by Gasteiger charge is -2.33. The van der Waals surface area contributed by atoms with Crippen LogP contribution in [0.3, 0.4) is 0 Å². The summed E-state index contributed by atoms with van der Waals surface area (Å²) >= 11 is 6.05. The number of amides is 1. The third kappa shape index (κ3) is 3.06. The van der Waals surface area contributed by atoms with Crippen molar-refractivity contribution in [3.05, 3.63) is 46.1 Å². The van der Waals surface area contributed by atoms with Gasteiger partial charge in [-0.2, -0.15) is 5.10 Å². The van der Waals surface area contributed by atoms with Gasteiger partial charge in [0.25, 0.3) is 5.91 Å². The van der Waals surface area contributed by atoms with E-state index in [1.807, 2.05) is 17.0 Å². The van der Waals surface area contributed by atoms with Crippen LogP contribution in [0.15, 0.2) is 24.4 Å². The van der Waals surface area contributed by atoms with E-state index >= 15 is 0 Å². The summed E-state index contributed by atoms with van der Waals surface area (Å²) in [7, 11) is 1.74. The zero-order chi connectivity index (χ0) is 16.6. The van der Waals surface area contributed by atoms with Gasteiger partial charge >= 0.3 is 0 Å². The summed E-state index contributed by atoms with van der Waals surface area (Å²) in [5.41, 5.74) is 8.87. The van der Waals surface area contributed by atoms with Crippen molar-refractivity contribution >= 4 is 23.3 Å². The Morgan fingerprint density at radius 2 is 2.22 bits per heavy atom. The van der Waals surface area contributed by atoms with E-state index in [0.29, 0.717) is 23.8 Å². The van der Waals surface area contributed by atoms with Crippen molar-refractivity contribution < 1.29 is 4.79 Å². The molecule has 1 aliphatic rings. The molecule has 6 heteroatoms. The van der Waals surface area contributed by atoms with Crippen LogP contribution in [-0.4, -0.2) is 33.7 Å². The van der Waals surface area contributed by atoms with Gasteiger partial charge in [-0.05, 0) is 43.0 Å². The Morgan fingerprint density at radius 3 is 2.87 bits per heavy atom. The number of benzene rings is 1. The Morgan fingerprint density at radius 1 is 1.43 bits per heavy atom. The highest BCUT2D eigenvalue weighted by Gasteiger charge is 2.28. The predicted molar refractivity (Wildman–Crippen MR) is 91.7 cm³/mol. The van der Waals surface area contributed by atoms with Crippen LogP contribution in [0.2, 0.25) is 5.02 Å². The highest BCUT2D eigenvalue weighted by Crippen LogP contribution is 2.31. The molecule has 2 heterocycles. The number of hydrogen-bond acceptors (Lipinski definition) is 3. The van der Waals surface area contributed by atoms with Crippen molar-refractivity contribution in [2.45, 2.75) is 25.7 Å². The average Bonchev–Trinajstić information content (AvgIpc) is 2.86. The number of hydrogen-bond donors (Lipinski definition) is 1. The predicted octanol–water partition coefficient (Wildman–Crippen LogP) is 2.98. The van der Waals surface area contributed by atoms with Crippen LogP contribution >= 0.6 is 11.6 Å². The molecule has 1 aliphatic heterocycles. The van der Waals surface area contributed by atoms with Crippen molar-refractivity contribution in [2.75, 3.05) is 18.8 Å². The van der Waals surface area contributed by atoms with Crippen LogP contribution in [0.1, 0.15) is 40.2 Å². The summed E-state index contributed by atoms with van der Waals surface area (Å²) in [6.45, 7) is 3.53. The lowest BCUT2D eigenvalue weighted by Crippen LogP contribution is -2.39. The summed E-state index contributed by atoms with van der Waals surface area (Å²) in [5, 5.41) is 4.81. The molecule has 1 saturated heterocycles. The van der Waals surface area contributed by atoms with Crippen LogP contribution < -0.4 is 5.73 Å². The van der Waals surface area contributed by atoms with Crippen LogP contribution in [0.25, 0.3) is 0 Å². The molecule has 2 aromatic rings. The maximum Gasteiger partial charge on any atom is 0.259 e. The second kappa shape index (κ2) is 6.24. The second-order valence-electron chi connectivity index (χ2n) is 6.16. The summed E-state index contributed by atoms with van der Waals surface area (Å²) in [4.78, 5) is 14.6. The van der Waals surface area contributed by atoms with Crippen molar-refractivity contribution in [2.24, 2.45) is 7.05 Å². The molecule has 0 aliphatic carbocycles. The van der Waals surface area contributed by atoms with Gasteiger partial charge in [0, 0.05) is 31.1 Å². The van der Waals surface area contributed by atoms with Crippen LogP contribution in [0, 0.1) is 6.92 Å². The molecule has 1 atom stereocenters. The van der Waals surface area contributed by atoms with Crippen molar-refractivity contribution in [1.29, 1.82) is 0 Å². The molecule has 0 radical (unpaired) electrons. The van der Waals surface area contributed by atoms with Gasteiger partial charge in [-0.3, -0.25) is 9.48 Å². The summed E-state index contributed by atoms with van der Waals surface area (Å²) < 4.78 is 1.53. The zero-order valence-corrected chi connectivity index (χ0v) is 14.2. The quantitative estimate of drug-likeness (QED) is 0.919. The molecule has 3 rings (SSSR count). The number of aromatic nitrogens is 2. The Labute approximate surface area is 141 Å². The average molecular weight is 333 g/mol. The third-order valence-corrected chi connectivity index (χ3v) is 4.83. The first kappa shape index (κ1) is 15.9. The van der Waals surface area contributed by atoms with Gasteiger partial charge in [0.1, 0.15) is 11.4 Å². The fourth-order valence-corrected chi connectivity index (χ4v) is 3.52. The van der Waals surface area contributed by atoms with Crippen molar-refractivity contribution in [3.63, 3.8) is 0 Å². The van der Waals surface area contributed by atoms with Gasteiger partial charge < -0.3 is 10.6 Å². The molecule has 0 bridgehead atoms. The monoisotopic (exact) mass is 332 g/mol. The fraction of sp³-hybridized carbons (Fsp3) is 0.412. The van der Waals surface area contributed by atoms with Gasteiger partial charge in [0.05, 0.1) is 6.20 Å². The van der Waals surface area contributed by atoms with E-state index in [9.17, 15) is 4.79 Å². The highest BCUT2D eigenvalue weighted by molar-refractivity contribution is 6.30. The molecule has 0 saturated carbocycles. The summed E-state index contributed by atoms with van der Waals surface area (Å²) in [6.07, 6.45) is 3.61. The number of anilines is 1. The van der Waals surface area contributed by atoms with E-state index in [0.717, 1.165) is 24.4 Å². The molecule has 2 N–H and O–H groups in total. The maximum atomic E-state index is 12.7. The summed E-state index contributed by atoms with van der Waals surface area (Å²) in [5.74, 6) is 0.717. The van der Waals surface area contributed by atoms with E-state index in [4.69, 9.17) is 17.3 Å². The molecule has 1 unspecified atom stereocenters. The number of piperidine rings is 1. The largest absolute Gasteiger partial charge is 0.383 e. The van der Waals surface area contributed by atoms with Gasteiger partial charge in [0.15, 0.2) is 0 Å². The standard InChI is InChI=1S/C17H21ClN4O/c1-11-8-13(18)5-6-14(11)12-4-3-7-22(10-12)17(23)15-9-20-21(2)16(15)19/h5-6,8-9,12H,3-4,7,10,19H2,1-2H3. The molecule has 1 fully saturated rings.